The molecule has 1 aromatic heterocycles. The molecule has 0 fully saturated rings. The Labute approximate surface area is 175 Å². The van der Waals surface area contributed by atoms with Crippen LogP contribution in [0, 0.1) is 0 Å². The van der Waals surface area contributed by atoms with Crippen LogP contribution in [0.15, 0.2) is 53.7 Å². The third-order valence-corrected chi connectivity index (χ3v) is 5.42. The van der Waals surface area contributed by atoms with Crippen molar-refractivity contribution in [1.82, 2.24) is 14.8 Å². The van der Waals surface area contributed by atoms with Crippen LogP contribution in [0.1, 0.15) is 32.4 Å². The van der Waals surface area contributed by atoms with Crippen molar-refractivity contribution in [3.8, 4) is 17.1 Å². The van der Waals surface area contributed by atoms with Crippen molar-refractivity contribution in [2.24, 2.45) is 0 Å². The maximum Gasteiger partial charge on any atom is 0.234 e. The highest BCUT2D eigenvalue weighted by Crippen LogP contribution is 2.28. The Morgan fingerprint density at radius 1 is 1.17 bits per heavy atom. The van der Waals surface area contributed by atoms with Gasteiger partial charge in [-0.1, -0.05) is 30.8 Å². The van der Waals surface area contributed by atoms with Gasteiger partial charge in [-0.15, -0.1) is 10.2 Å². The fraction of sp³-hybridized carbons (Fsp3) is 0.318. The van der Waals surface area contributed by atoms with E-state index in [1.54, 1.807) is 7.11 Å². The summed E-state index contributed by atoms with van der Waals surface area (Å²) in [5.41, 5.74) is 2.97. The molecule has 0 radical (unpaired) electrons. The molecule has 1 amide bonds. The molecule has 152 valence electrons. The molecule has 1 N–H and O–H groups in total. The van der Waals surface area contributed by atoms with Gasteiger partial charge in [-0.3, -0.25) is 9.36 Å². The average molecular weight is 411 g/mol. The average Bonchev–Trinajstić information content (AvgIpc) is 3.17. The smallest absolute Gasteiger partial charge is 0.234 e. The van der Waals surface area contributed by atoms with E-state index >= 15 is 0 Å². The number of benzene rings is 2. The number of aromatic nitrogens is 3. The molecular weight excluding hydrogens is 384 g/mol. The number of carbonyl (C=O) groups excluding carboxylic acids is 1. The third kappa shape index (κ3) is 5.17. The summed E-state index contributed by atoms with van der Waals surface area (Å²) in [5.74, 6) is 1.78. The summed E-state index contributed by atoms with van der Waals surface area (Å²) in [6.07, 6.45) is 0.935. The first kappa shape index (κ1) is 20.9. The highest BCUT2D eigenvalue weighted by Gasteiger charge is 2.18. The summed E-state index contributed by atoms with van der Waals surface area (Å²) in [5, 5.41) is 12.4. The lowest BCUT2D eigenvalue weighted by molar-refractivity contribution is -0.113. The number of methoxy groups -OCH3 is 1. The molecular formula is C22H26N4O2S. The van der Waals surface area contributed by atoms with Gasteiger partial charge in [0.1, 0.15) is 5.75 Å². The van der Waals surface area contributed by atoms with E-state index in [1.165, 1.54) is 17.3 Å². The fourth-order valence-corrected chi connectivity index (χ4v) is 3.84. The van der Waals surface area contributed by atoms with Crippen LogP contribution in [0.4, 0.5) is 5.69 Å². The minimum absolute atomic E-state index is 0.0624. The van der Waals surface area contributed by atoms with Crippen molar-refractivity contribution >= 4 is 23.4 Å². The zero-order chi connectivity index (χ0) is 20.8. The number of carbonyl (C=O) groups is 1. The minimum atomic E-state index is -0.0624. The van der Waals surface area contributed by atoms with E-state index in [1.807, 2.05) is 42.5 Å². The number of thioether (sulfide) groups is 1. The van der Waals surface area contributed by atoms with E-state index in [0.717, 1.165) is 34.4 Å². The van der Waals surface area contributed by atoms with Gasteiger partial charge in [-0.05, 0) is 62.2 Å². The number of nitrogens with one attached hydrogen (secondary N) is 1. The van der Waals surface area contributed by atoms with E-state index in [2.05, 4.69) is 46.9 Å². The Kier molecular flexibility index (Phi) is 6.93. The topological polar surface area (TPSA) is 69.0 Å². The molecule has 0 saturated heterocycles. The molecule has 29 heavy (non-hydrogen) atoms. The van der Waals surface area contributed by atoms with Gasteiger partial charge >= 0.3 is 0 Å². The van der Waals surface area contributed by atoms with E-state index in [4.69, 9.17) is 4.74 Å². The van der Waals surface area contributed by atoms with Crippen molar-refractivity contribution in [2.75, 3.05) is 18.2 Å². The standard InChI is InChI=1S/C22H26N4O2S/c1-5-16-7-6-8-18(13-16)23-20(27)14-29-22-25-24-21(26(22)15(2)3)17-9-11-19(28-4)12-10-17/h6-13,15H,5,14H2,1-4H3,(H,23,27). The Morgan fingerprint density at radius 2 is 1.93 bits per heavy atom. The predicted octanol–water partition coefficient (Wildman–Crippen LogP) is 4.83. The summed E-state index contributed by atoms with van der Waals surface area (Å²) in [7, 11) is 1.64. The fourth-order valence-electron chi connectivity index (χ4n) is 2.97. The van der Waals surface area contributed by atoms with E-state index in [9.17, 15) is 4.79 Å². The van der Waals surface area contributed by atoms with Crippen LogP contribution in [0.3, 0.4) is 0 Å². The van der Waals surface area contributed by atoms with Gasteiger partial charge < -0.3 is 10.1 Å². The number of ether oxygens (including phenoxy) is 1. The molecule has 3 aromatic rings. The Bertz CT molecular complexity index is 967. The van der Waals surface area contributed by atoms with Gasteiger partial charge in [0.05, 0.1) is 12.9 Å². The normalized spacial score (nSPS) is 10.9. The molecule has 0 aliphatic carbocycles. The van der Waals surface area contributed by atoms with Gasteiger partial charge in [0, 0.05) is 17.3 Å². The second-order valence-corrected chi connectivity index (χ2v) is 7.83. The Hall–Kier alpha value is -2.80. The number of hydrogen-bond donors (Lipinski definition) is 1. The molecule has 6 nitrogen and oxygen atoms in total. The molecule has 0 bridgehead atoms. The van der Waals surface area contributed by atoms with Crippen molar-refractivity contribution in [3.05, 3.63) is 54.1 Å². The number of hydrogen-bond acceptors (Lipinski definition) is 5. The van der Waals surface area contributed by atoms with Crippen LogP contribution in [0.2, 0.25) is 0 Å². The van der Waals surface area contributed by atoms with E-state index < -0.39 is 0 Å². The summed E-state index contributed by atoms with van der Waals surface area (Å²) >= 11 is 1.39. The maximum absolute atomic E-state index is 12.4. The number of anilines is 1. The molecule has 0 aliphatic heterocycles. The molecule has 7 heteroatoms. The lowest BCUT2D eigenvalue weighted by Gasteiger charge is -2.14. The summed E-state index contributed by atoms with van der Waals surface area (Å²) in [6, 6.07) is 15.8. The maximum atomic E-state index is 12.4. The first-order valence-electron chi connectivity index (χ1n) is 9.62. The molecule has 0 saturated carbocycles. The summed E-state index contributed by atoms with van der Waals surface area (Å²) in [4.78, 5) is 12.4. The second-order valence-electron chi connectivity index (χ2n) is 6.89. The lowest BCUT2D eigenvalue weighted by Crippen LogP contribution is -2.15. The van der Waals surface area contributed by atoms with Gasteiger partial charge in [0.15, 0.2) is 11.0 Å². The highest BCUT2D eigenvalue weighted by molar-refractivity contribution is 7.99. The number of rotatable bonds is 8. The lowest BCUT2D eigenvalue weighted by atomic mass is 10.1. The van der Waals surface area contributed by atoms with Gasteiger partial charge in [-0.2, -0.15) is 0 Å². The molecule has 0 aliphatic rings. The SMILES string of the molecule is CCc1cccc(NC(=O)CSc2nnc(-c3ccc(OC)cc3)n2C(C)C)c1. The van der Waals surface area contributed by atoms with Gasteiger partial charge in [0.25, 0.3) is 0 Å². The highest BCUT2D eigenvalue weighted by atomic mass is 32.2. The van der Waals surface area contributed by atoms with Crippen LogP contribution in [0.25, 0.3) is 11.4 Å². The van der Waals surface area contributed by atoms with Gasteiger partial charge in [-0.25, -0.2) is 0 Å². The van der Waals surface area contributed by atoms with E-state index in [-0.39, 0.29) is 17.7 Å². The summed E-state index contributed by atoms with van der Waals surface area (Å²) < 4.78 is 7.28. The zero-order valence-corrected chi connectivity index (χ0v) is 18.0. The molecule has 0 spiro atoms. The molecule has 2 aromatic carbocycles. The quantitative estimate of drug-likeness (QED) is 0.539. The van der Waals surface area contributed by atoms with Gasteiger partial charge in [0.2, 0.25) is 5.91 Å². The molecule has 1 heterocycles. The number of nitrogens with zero attached hydrogens (tertiary/aromatic N) is 3. The number of aryl methyl sites for hydroxylation is 1. The van der Waals surface area contributed by atoms with Crippen molar-refractivity contribution in [1.29, 1.82) is 0 Å². The van der Waals surface area contributed by atoms with Crippen LogP contribution in [-0.4, -0.2) is 33.5 Å². The number of amides is 1. The van der Waals surface area contributed by atoms with Crippen molar-refractivity contribution in [2.45, 2.75) is 38.4 Å². The summed E-state index contributed by atoms with van der Waals surface area (Å²) in [6.45, 7) is 6.25. The predicted molar refractivity (Wildman–Crippen MR) is 118 cm³/mol. The Balaban J connectivity index is 1.71. The first-order valence-corrected chi connectivity index (χ1v) is 10.6. The Morgan fingerprint density at radius 3 is 2.59 bits per heavy atom. The van der Waals surface area contributed by atoms with Crippen LogP contribution >= 0.6 is 11.8 Å². The van der Waals surface area contributed by atoms with Crippen LogP contribution in [0.5, 0.6) is 5.75 Å². The molecule has 3 rings (SSSR count). The van der Waals surface area contributed by atoms with Crippen molar-refractivity contribution < 1.29 is 9.53 Å². The van der Waals surface area contributed by atoms with E-state index in [0.29, 0.717) is 0 Å². The molecule has 0 unspecified atom stereocenters. The van der Waals surface area contributed by atoms with Crippen molar-refractivity contribution in [3.63, 3.8) is 0 Å². The van der Waals surface area contributed by atoms with Crippen LogP contribution < -0.4 is 10.1 Å². The largest absolute Gasteiger partial charge is 0.497 e. The van der Waals surface area contributed by atoms with Crippen LogP contribution in [-0.2, 0) is 11.2 Å². The first-order chi connectivity index (χ1) is 14.0. The zero-order valence-electron chi connectivity index (χ0n) is 17.2. The monoisotopic (exact) mass is 410 g/mol. The molecule has 0 atom stereocenters. The third-order valence-electron chi connectivity index (χ3n) is 4.48. The minimum Gasteiger partial charge on any atom is -0.497 e. The second kappa shape index (κ2) is 9.60.